The van der Waals surface area contributed by atoms with Crippen molar-refractivity contribution in [3.63, 3.8) is 0 Å². The van der Waals surface area contributed by atoms with Gasteiger partial charge in [-0.3, -0.25) is 4.79 Å². The second-order valence-electron chi connectivity index (χ2n) is 8.44. The quantitative estimate of drug-likeness (QED) is 0.461. The number of rotatable bonds is 5. The van der Waals surface area contributed by atoms with Gasteiger partial charge in [0.25, 0.3) is 5.60 Å². The fraction of sp³-hybridized carbons (Fsp3) is 0.526. The number of ketones is 1. The zero-order valence-electron chi connectivity index (χ0n) is 15.8. The van der Waals surface area contributed by atoms with Crippen LogP contribution in [0.15, 0.2) is 18.2 Å². The summed E-state index contributed by atoms with van der Waals surface area (Å²) in [5.74, 6) is -5.52. The molecule has 0 aliphatic heterocycles. The van der Waals surface area contributed by atoms with E-state index in [0.29, 0.717) is 11.1 Å². The van der Waals surface area contributed by atoms with Crippen molar-refractivity contribution in [1.82, 2.24) is 0 Å². The van der Waals surface area contributed by atoms with Gasteiger partial charge in [0.05, 0.1) is 0 Å². The average Bonchev–Trinajstić information content (AvgIpc) is 2.50. The third-order valence-electron chi connectivity index (χ3n) is 4.23. The molecule has 0 saturated carbocycles. The third-order valence-corrected chi connectivity index (χ3v) is 4.23. The summed E-state index contributed by atoms with van der Waals surface area (Å²) in [7, 11) is 0. The third kappa shape index (κ3) is 4.11. The number of benzene rings is 1. The van der Waals surface area contributed by atoms with E-state index in [1.807, 2.05) is 47.6 Å². The van der Waals surface area contributed by atoms with Crippen molar-refractivity contribution in [2.24, 2.45) is 0 Å². The first-order valence-electron chi connectivity index (χ1n) is 8.10. The van der Waals surface area contributed by atoms with Crippen LogP contribution < -0.4 is 0 Å². The lowest BCUT2D eigenvalue weighted by molar-refractivity contribution is -0.175. The maximum Gasteiger partial charge on any atom is 0.347 e. The van der Waals surface area contributed by atoms with E-state index in [2.05, 4.69) is 0 Å². The smallest absolute Gasteiger partial charge is 0.347 e. The van der Waals surface area contributed by atoms with E-state index in [4.69, 9.17) is 5.11 Å². The van der Waals surface area contributed by atoms with Gasteiger partial charge in [-0.2, -0.15) is 0 Å². The largest absolute Gasteiger partial charge is 0.479 e. The molecule has 2 atom stereocenters. The number of hydrogen-bond donors (Lipinski definition) is 4. The molecule has 0 spiro atoms. The highest BCUT2D eigenvalue weighted by Crippen LogP contribution is 2.32. The lowest BCUT2D eigenvalue weighted by atomic mass is 9.77. The standard InChI is InChI=1S/C19H26O7/c1-17(2,3)11-7-10(8-12(9-11)18(4,5)6)13(20)19(26,16(24)25)14(21)15(22)23/h7-9,14,21,26H,1-6H3,(H,22,23)(H,24,25)/t14-,19+/m0/s1. The fourth-order valence-corrected chi connectivity index (χ4v) is 2.36. The van der Waals surface area contributed by atoms with Crippen LogP contribution in [-0.4, -0.2) is 49.9 Å². The lowest BCUT2D eigenvalue weighted by Crippen LogP contribution is -2.59. The van der Waals surface area contributed by atoms with Gasteiger partial charge in [0.1, 0.15) is 0 Å². The Morgan fingerprint density at radius 1 is 0.846 bits per heavy atom. The zero-order valence-corrected chi connectivity index (χ0v) is 15.8. The van der Waals surface area contributed by atoms with Gasteiger partial charge in [-0.1, -0.05) is 47.6 Å². The van der Waals surface area contributed by atoms with Gasteiger partial charge in [0.2, 0.25) is 5.78 Å². The van der Waals surface area contributed by atoms with Crippen molar-refractivity contribution in [2.75, 3.05) is 0 Å². The molecule has 1 aromatic rings. The van der Waals surface area contributed by atoms with Crippen LogP contribution in [0.5, 0.6) is 0 Å². The van der Waals surface area contributed by atoms with E-state index >= 15 is 0 Å². The van der Waals surface area contributed by atoms with Crippen LogP contribution in [0.25, 0.3) is 0 Å². The Hall–Kier alpha value is -2.25. The van der Waals surface area contributed by atoms with Gasteiger partial charge in [0.15, 0.2) is 6.10 Å². The molecule has 0 amide bonds. The van der Waals surface area contributed by atoms with E-state index in [9.17, 15) is 29.7 Å². The molecule has 0 aliphatic rings. The van der Waals surface area contributed by atoms with Crippen LogP contribution in [0, 0.1) is 0 Å². The van der Waals surface area contributed by atoms with Crippen molar-refractivity contribution >= 4 is 17.7 Å². The molecule has 0 aliphatic carbocycles. The summed E-state index contributed by atoms with van der Waals surface area (Å²) in [6.45, 7) is 11.4. The Balaban J connectivity index is 3.70. The van der Waals surface area contributed by atoms with Crippen molar-refractivity contribution in [3.05, 3.63) is 34.9 Å². The maximum absolute atomic E-state index is 12.8. The lowest BCUT2D eigenvalue weighted by Gasteiger charge is -2.28. The highest BCUT2D eigenvalue weighted by molar-refractivity contribution is 6.17. The Morgan fingerprint density at radius 2 is 1.23 bits per heavy atom. The molecule has 0 bridgehead atoms. The maximum atomic E-state index is 12.8. The summed E-state index contributed by atoms with van der Waals surface area (Å²) in [5.41, 5.74) is -3.01. The second-order valence-corrected chi connectivity index (χ2v) is 8.44. The summed E-state index contributed by atoms with van der Waals surface area (Å²) in [4.78, 5) is 35.2. The second kappa shape index (κ2) is 6.81. The number of carboxylic acid groups (broad SMARTS) is 2. The Bertz CT molecular complexity index is 705. The number of aliphatic hydroxyl groups excluding tert-OH is 1. The van der Waals surface area contributed by atoms with Crippen LogP contribution in [-0.2, 0) is 20.4 Å². The van der Waals surface area contributed by atoms with Gasteiger partial charge in [0, 0.05) is 5.56 Å². The molecule has 0 unspecified atom stereocenters. The summed E-state index contributed by atoms with van der Waals surface area (Å²) in [6.07, 6.45) is -2.80. The monoisotopic (exact) mass is 366 g/mol. The molecule has 26 heavy (non-hydrogen) atoms. The van der Waals surface area contributed by atoms with Gasteiger partial charge in [-0.15, -0.1) is 0 Å². The van der Waals surface area contributed by atoms with Gasteiger partial charge in [-0.25, -0.2) is 9.59 Å². The molecule has 0 aromatic heterocycles. The fourth-order valence-electron chi connectivity index (χ4n) is 2.36. The predicted octanol–water partition coefficient (Wildman–Crippen LogP) is 1.73. The van der Waals surface area contributed by atoms with Gasteiger partial charge < -0.3 is 20.4 Å². The number of aliphatic hydroxyl groups is 2. The Kier molecular flexibility index (Phi) is 5.71. The minimum Gasteiger partial charge on any atom is -0.479 e. The molecular formula is C19H26O7. The molecule has 1 rings (SSSR count). The number of carbonyl (C=O) groups excluding carboxylic acids is 1. The predicted molar refractivity (Wildman–Crippen MR) is 94.4 cm³/mol. The van der Waals surface area contributed by atoms with Gasteiger partial charge >= 0.3 is 11.9 Å². The van der Waals surface area contributed by atoms with E-state index in [0.717, 1.165) is 0 Å². The zero-order chi connectivity index (χ0) is 20.7. The SMILES string of the molecule is CC(C)(C)c1cc(C(=O)[C@](O)(C(=O)O)[C@@H](O)C(=O)O)cc(C(C)(C)C)c1. The molecule has 1 aromatic carbocycles. The first-order chi connectivity index (χ1) is 11.5. The van der Waals surface area contributed by atoms with Crippen LogP contribution in [0.4, 0.5) is 0 Å². The minimum absolute atomic E-state index is 0.174. The van der Waals surface area contributed by atoms with Crippen LogP contribution in [0.2, 0.25) is 0 Å². The normalized spacial score (nSPS) is 15.8. The molecule has 0 saturated heterocycles. The summed E-state index contributed by atoms with van der Waals surface area (Å²) in [6, 6.07) is 4.71. The molecular weight excluding hydrogens is 340 g/mol. The van der Waals surface area contributed by atoms with Crippen LogP contribution in [0.1, 0.15) is 63.0 Å². The van der Waals surface area contributed by atoms with Crippen molar-refractivity contribution in [3.8, 4) is 0 Å². The molecule has 0 heterocycles. The Labute approximate surface area is 152 Å². The molecule has 0 fully saturated rings. The number of carbonyl (C=O) groups is 3. The van der Waals surface area contributed by atoms with Crippen LogP contribution >= 0.6 is 0 Å². The van der Waals surface area contributed by atoms with E-state index in [1.165, 1.54) is 12.1 Å². The summed E-state index contributed by atoms with van der Waals surface area (Å²) in [5, 5.41) is 38.1. The number of aliphatic carboxylic acids is 2. The highest BCUT2D eigenvalue weighted by Gasteiger charge is 2.54. The Morgan fingerprint density at radius 3 is 1.50 bits per heavy atom. The molecule has 7 nitrogen and oxygen atoms in total. The minimum atomic E-state index is -3.49. The number of Topliss-reactive ketones (excluding diaryl/α,β-unsaturated/α-hetero) is 1. The van der Waals surface area contributed by atoms with E-state index < -0.39 is 29.4 Å². The van der Waals surface area contributed by atoms with E-state index in [1.54, 1.807) is 0 Å². The van der Waals surface area contributed by atoms with E-state index in [-0.39, 0.29) is 16.4 Å². The molecule has 0 radical (unpaired) electrons. The van der Waals surface area contributed by atoms with Gasteiger partial charge in [-0.05, 0) is 34.1 Å². The van der Waals surface area contributed by atoms with Crippen molar-refractivity contribution in [2.45, 2.75) is 64.1 Å². The topological polar surface area (TPSA) is 132 Å². The van der Waals surface area contributed by atoms with Crippen molar-refractivity contribution in [1.29, 1.82) is 0 Å². The molecule has 144 valence electrons. The molecule has 7 heteroatoms. The number of hydrogen-bond acceptors (Lipinski definition) is 5. The average molecular weight is 366 g/mol. The highest BCUT2D eigenvalue weighted by atomic mass is 16.4. The summed E-state index contributed by atoms with van der Waals surface area (Å²) < 4.78 is 0. The first kappa shape index (κ1) is 21.8. The first-order valence-corrected chi connectivity index (χ1v) is 8.10. The summed E-state index contributed by atoms with van der Waals surface area (Å²) >= 11 is 0. The molecule has 4 N–H and O–H groups in total. The van der Waals surface area contributed by atoms with Crippen molar-refractivity contribution < 1.29 is 34.8 Å². The van der Waals surface area contributed by atoms with Crippen LogP contribution in [0.3, 0.4) is 0 Å². The number of carboxylic acids is 2.